The summed E-state index contributed by atoms with van der Waals surface area (Å²) < 4.78 is 25.1. The predicted molar refractivity (Wildman–Crippen MR) is 122 cm³/mol. The standard InChI is InChI=1S/C28H30O9/c1-23-11-18-25(3)28-19(23)20(30)27(37-28,34-12-16(23)21(31)35-18)15-8-7-13-5-4-6-17(29)24(13,2)14(15)9-10-26(28,33)22(32)36-25/h4-5,7,14-16,18-19,33H,6,8-12H2,1-3H3/t14-,15+,16+,18+,19-,23+,24+,25+,26?,27?,28?/m1/s1. The van der Waals surface area contributed by atoms with Crippen LogP contribution in [0.15, 0.2) is 23.8 Å². The first-order chi connectivity index (χ1) is 17.4. The van der Waals surface area contributed by atoms with Gasteiger partial charge in [0.05, 0.1) is 23.9 Å². The van der Waals surface area contributed by atoms with Gasteiger partial charge in [-0.15, -0.1) is 0 Å². The molecule has 5 saturated heterocycles. The first-order valence-corrected chi connectivity index (χ1v) is 13.4. The van der Waals surface area contributed by atoms with E-state index in [9.17, 15) is 24.3 Å². The Bertz CT molecular complexity index is 1300. The summed E-state index contributed by atoms with van der Waals surface area (Å²) in [6.07, 6.45) is 6.20. The molecule has 5 heterocycles. The maximum Gasteiger partial charge on any atom is 0.342 e. The average molecular weight is 511 g/mol. The Kier molecular flexibility index (Phi) is 3.73. The second-order valence-electron chi connectivity index (χ2n) is 13.0. The molecular weight excluding hydrogens is 480 g/mol. The van der Waals surface area contributed by atoms with Gasteiger partial charge in [0, 0.05) is 12.3 Å². The van der Waals surface area contributed by atoms with Crippen molar-refractivity contribution in [2.24, 2.45) is 34.5 Å². The van der Waals surface area contributed by atoms with Crippen molar-refractivity contribution in [3.05, 3.63) is 23.8 Å². The number of aliphatic hydroxyl groups is 1. The molecule has 0 radical (unpaired) electrons. The van der Waals surface area contributed by atoms with Crippen LogP contribution in [0.4, 0.5) is 0 Å². The Balaban J connectivity index is 1.44. The third-order valence-corrected chi connectivity index (χ3v) is 11.9. The number of esters is 2. The third kappa shape index (κ3) is 1.97. The number of ether oxygens (including phenoxy) is 4. The summed E-state index contributed by atoms with van der Waals surface area (Å²) in [5.74, 6) is -6.26. The normalized spacial score (nSPS) is 58.5. The Morgan fingerprint density at radius 1 is 1.08 bits per heavy atom. The molecule has 3 aliphatic carbocycles. The molecule has 8 rings (SSSR count). The van der Waals surface area contributed by atoms with Gasteiger partial charge in [-0.2, -0.15) is 0 Å². The summed E-state index contributed by atoms with van der Waals surface area (Å²) in [5.41, 5.74) is -6.52. The molecule has 5 bridgehead atoms. The van der Waals surface area contributed by atoms with Crippen molar-refractivity contribution in [1.29, 1.82) is 0 Å². The van der Waals surface area contributed by atoms with E-state index >= 15 is 0 Å². The third-order valence-electron chi connectivity index (χ3n) is 11.9. The summed E-state index contributed by atoms with van der Waals surface area (Å²) in [7, 11) is 0. The largest absolute Gasteiger partial charge is 0.458 e. The van der Waals surface area contributed by atoms with Crippen LogP contribution in [-0.4, -0.2) is 63.9 Å². The average Bonchev–Trinajstić information content (AvgIpc) is 3.16. The van der Waals surface area contributed by atoms with Gasteiger partial charge in [0.2, 0.25) is 5.79 Å². The Hall–Kier alpha value is -2.36. The van der Waals surface area contributed by atoms with Crippen molar-refractivity contribution in [2.45, 2.75) is 81.6 Å². The molecule has 3 unspecified atom stereocenters. The van der Waals surface area contributed by atoms with Crippen LogP contribution >= 0.6 is 0 Å². The first kappa shape index (κ1) is 22.6. The molecule has 0 amide bonds. The van der Waals surface area contributed by atoms with Crippen LogP contribution in [0.2, 0.25) is 0 Å². The van der Waals surface area contributed by atoms with Crippen molar-refractivity contribution in [2.75, 3.05) is 6.61 Å². The van der Waals surface area contributed by atoms with Gasteiger partial charge in [0.25, 0.3) is 0 Å². The molecule has 2 spiro atoms. The SMILES string of the molecule is C[C@]12C(=O)CC=CC1=CC[C@H]1[C@H]2CCC2(O)C(=O)O[C@@]3(C)[C@@H]4C[C@@]5(C)[C@@H](COC16OC23[C@@H]5C6=O)C(=O)O4. The van der Waals surface area contributed by atoms with Crippen molar-refractivity contribution in [1.82, 2.24) is 0 Å². The van der Waals surface area contributed by atoms with E-state index in [1.54, 1.807) is 6.92 Å². The van der Waals surface area contributed by atoms with Crippen molar-refractivity contribution in [3.8, 4) is 0 Å². The number of hydrogen-bond donors (Lipinski definition) is 1. The molecule has 11 atom stereocenters. The number of hydrogen-bond acceptors (Lipinski definition) is 9. The van der Waals surface area contributed by atoms with E-state index in [1.165, 1.54) is 0 Å². The van der Waals surface area contributed by atoms with E-state index < -0.39 is 75.1 Å². The molecule has 37 heavy (non-hydrogen) atoms. The van der Waals surface area contributed by atoms with E-state index in [-0.39, 0.29) is 31.0 Å². The monoisotopic (exact) mass is 510 g/mol. The minimum Gasteiger partial charge on any atom is -0.458 e. The molecule has 0 aromatic carbocycles. The van der Waals surface area contributed by atoms with Gasteiger partial charge in [0.1, 0.15) is 11.9 Å². The lowest BCUT2D eigenvalue weighted by molar-refractivity contribution is -0.373. The molecule has 1 N–H and O–H groups in total. The minimum absolute atomic E-state index is 0.0254. The number of fused-ring (bicyclic) bond motifs is 5. The number of rotatable bonds is 0. The zero-order valence-corrected chi connectivity index (χ0v) is 21.1. The highest BCUT2D eigenvalue weighted by atomic mass is 16.8. The molecule has 1 saturated carbocycles. The molecular formula is C28H30O9. The van der Waals surface area contributed by atoms with Crippen LogP contribution < -0.4 is 0 Å². The molecule has 5 aliphatic heterocycles. The topological polar surface area (TPSA) is 125 Å². The van der Waals surface area contributed by atoms with Gasteiger partial charge in [0.15, 0.2) is 22.6 Å². The van der Waals surface area contributed by atoms with E-state index in [1.807, 2.05) is 32.1 Å². The quantitative estimate of drug-likeness (QED) is 0.483. The molecule has 9 nitrogen and oxygen atoms in total. The fraction of sp³-hybridized carbons (Fsp3) is 0.714. The van der Waals surface area contributed by atoms with E-state index in [4.69, 9.17) is 18.9 Å². The summed E-state index contributed by atoms with van der Waals surface area (Å²) in [6, 6.07) is 0. The summed E-state index contributed by atoms with van der Waals surface area (Å²) in [5, 5.41) is 12.4. The van der Waals surface area contributed by atoms with Gasteiger partial charge in [-0.1, -0.05) is 25.2 Å². The zero-order valence-electron chi connectivity index (χ0n) is 21.1. The van der Waals surface area contributed by atoms with Crippen LogP contribution in [0.5, 0.6) is 0 Å². The molecule has 6 fully saturated rings. The van der Waals surface area contributed by atoms with Crippen molar-refractivity contribution >= 4 is 23.5 Å². The van der Waals surface area contributed by atoms with Crippen LogP contribution in [0.25, 0.3) is 0 Å². The lowest BCUT2D eigenvalue weighted by Gasteiger charge is -2.63. The number of carbonyl (C=O) groups is 4. The Labute approximate surface area is 213 Å². The smallest absolute Gasteiger partial charge is 0.342 e. The van der Waals surface area contributed by atoms with Crippen LogP contribution in [-0.2, 0) is 38.1 Å². The first-order valence-electron chi connectivity index (χ1n) is 13.4. The second-order valence-corrected chi connectivity index (χ2v) is 13.0. The van der Waals surface area contributed by atoms with E-state index in [2.05, 4.69) is 0 Å². The summed E-state index contributed by atoms with van der Waals surface area (Å²) in [4.78, 5) is 55.3. The number of carbonyl (C=O) groups excluding carboxylic acids is 4. The van der Waals surface area contributed by atoms with E-state index in [0.29, 0.717) is 19.3 Å². The highest BCUT2D eigenvalue weighted by molar-refractivity contribution is 5.99. The molecule has 8 aliphatic rings. The molecule has 9 heteroatoms. The highest BCUT2D eigenvalue weighted by Crippen LogP contribution is 2.75. The zero-order chi connectivity index (χ0) is 26.0. The summed E-state index contributed by atoms with van der Waals surface area (Å²) in [6.45, 7) is 5.29. The van der Waals surface area contributed by atoms with E-state index in [0.717, 1.165) is 5.57 Å². The van der Waals surface area contributed by atoms with Gasteiger partial charge in [-0.3, -0.25) is 14.4 Å². The molecule has 196 valence electrons. The Morgan fingerprint density at radius 2 is 1.86 bits per heavy atom. The molecule has 0 aromatic heterocycles. The minimum atomic E-state index is -2.17. The maximum atomic E-state index is 14.8. The van der Waals surface area contributed by atoms with Gasteiger partial charge in [-0.05, 0) is 56.4 Å². The van der Waals surface area contributed by atoms with Crippen molar-refractivity contribution in [3.63, 3.8) is 0 Å². The van der Waals surface area contributed by atoms with Crippen LogP contribution in [0.3, 0.4) is 0 Å². The number of Topliss-reactive ketones (excluding diaryl/α,β-unsaturated/α-hetero) is 2. The van der Waals surface area contributed by atoms with Crippen molar-refractivity contribution < 1.29 is 43.2 Å². The predicted octanol–water partition coefficient (Wildman–Crippen LogP) is 1.56. The number of ketones is 2. The summed E-state index contributed by atoms with van der Waals surface area (Å²) >= 11 is 0. The van der Waals surface area contributed by atoms with Gasteiger partial charge < -0.3 is 24.1 Å². The fourth-order valence-electron chi connectivity index (χ4n) is 9.98. The van der Waals surface area contributed by atoms with Crippen LogP contribution in [0, 0.1) is 34.5 Å². The highest BCUT2D eigenvalue weighted by Gasteiger charge is 2.93. The van der Waals surface area contributed by atoms with Gasteiger partial charge >= 0.3 is 11.9 Å². The lowest BCUT2D eigenvalue weighted by atomic mass is 9.46. The van der Waals surface area contributed by atoms with Gasteiger partial charge in [-0.25, -0.2) is 4.79 Å². The fourth-order valence-corrected chi connectivity index (χ4v) is 9.98. The number of allylic oxidation sites excluding steroid dienone is 4. The Morgan fingerprint density at radius 3 is 2.65 bits per heavy atom. The molecule has 0 aromatic rings. The second kappa shape index (κ2) is 6.10. The maximum absolute atomic E-state index is 14.8. The van der Waals surface area contributed by atoms with Crippen LogP contribution in [0.1, 0.15) is 52.9 Å². The lowest BCUT2D eigenvalue weighted by Crippen LogP contribution is -2.79.